The van der Waals surface area contributed by atoms with Crippen molar-refractivity contribution in [2.45, 2.75) is 38.8 Å². The number of nitrogens with zero attached hydrogens (tertiary/aromatic N) is 1. The lowest BCUT2D eigenvalue weighted by molar-refractivity contribution is -0.142. The summed E-state index contributed by atoms with van der Waals surface area (Å²) >= 11 is 0. The highest BCUT2D eigenvalue weighted by atomic mass is 32.2. The second kappa shape index (κ2) is 8.50. The fourth-order valence-corrected chi connectivity index (χ4v) is 4.29. The van der Waals surface area contributed by atoms with Gasteiger partial charge in [-0.2, -0.15) is 17.4 Å². The van der Waals surface area contributed by atoms with Crippen molar-refractivity contribution in [2.75, 3.05) is 13.7 Å². The summed E-state index contributed by atoms with van der Waals surface area (Å²) in [5.41, 5.74) is 0.758. The number of ether oxygens (including phenoxy) is 2. The molecule has 1 N–H and O–H groups in total. The largest absolute Gasteiger partial charge is 0.468 e. The summed E-state index contributed by atoms with van der Waals surface area (Å²) in [6.45, 7) is 3.85. The zero-order valence-electron chi connectivity index (χ0n) is 15.0. The Morgan fingerprint density at radius 3 is 2.58 bits per heavy atom. The lowest BCUT2D eigenvalue weighted by Crippen LogP contribution is -2.52. The first-order chi connectivity index (χ1) is 12.2. The molecule has 0 radical (unpaired) electrons. The fraction of sp³-hybridized carbons (Fsp3) is 0.529. The number of carbonyl (C=O) groups is 2. The maximum absolute atomic E-state index is 12.8. The minimum absolute atomic E-state index is 0.000497. The van der Waals surface area contributed by atoms with E-state index < -0.39 is 34.4 Å². The van der Waals surface area contributed by atoms with Gasteiger partial charge in [0.15, 0.2) is 0 Å². The Hall–Kier alpha value is -2.13. The summed E-state index contributed by atoms with van der Waals surface area (Å²) in [5.74, 6) is -0.557. The molecule has 0 saturated carbocycles. The number of cyclic esters (lactones) is 1. The molecule has 1 fully saturated rings. The zero-order valence-corrected chi connectivity index (χ0v) is 15.9. The minimum Gasteiger partial charge on any atom is -0.468 e. The van der Waals surface area contributed by atoms with E-state index >= 15 is 0 Å². The third-order valence-electron chi connectivity index (χ3n) is 3.97. The molecule has 1 heterocycles. The molecule has 0 spiro atoms. The van der Waals surface area contributed by atoms with Crippen molar-refractivity contribution in [2.24, 2.45) is 5.92 Å². The number of amides is 1. The van der Waals surface area contributed by atoms with E-state index in [0.29, 0.717) is 10.7 Å². The number of rotatable bonds is 8. The van der Waals surface area contributed by atoms with E-state index in [4.69, 9.17) is 9.47 Å². The second-order valence-corrected chi connectivity index (χ2v) is 8.12. The first kappa shape index (κ1) is 20.2. The molecule has 1 aliphatic heterocycles. The Balaban J connectivity index is 2.21. The van der Waals surface area contributed by atoms with Crippen molar-refractivity contribution >= 4 is 22.3 Å². The van der Waals surface area contributed by atoms with Gasteiger partial charge in [0.2, 0.25) is 0 Å². The van der Waals surface area contributed by atoms with Gasteiger partial charge in [0.1, 0.15) is 12.6 Å². The van der Waals surface area contributed by atoms with E-state index in [1.807, 2.05) is 19.9 Å². The molecule has 1 aromatic carbocycles. The third-order valence-corrected chi connectivity index (χ3v) is 5.52. The summed E-state index contributed by atoms with van der Waals surface area (Å²) < 4.78 is 38.1. The molecule has 8 nitrogen and oxygen atoms in total. The lowest BCUT2D eigenvalue weighted by atomic mass is 10.1. The van der Waals surface area contributed by atoms with Crippen molar-refractivity contribution in [1.82, 2.24) is 9.03 Å². The monoisotopic (exact) mass is 384 g/mol. The van der Waals surface area contributed by atoms with Crippen LogP contribution in [-0.2, 0) is 30.9 Å². The maximum Gasteiger partial charge on any atom is 0.425 e. The Morgan fingerprint density at radius 1 is 1.35 bits per heavy atom. The second-order valence-electron chi connectivity index (χ2n) is 6.54. The van der Waals surface area contributed by atoms with E-state index in [9.17, 15) is 18.0 Å². The van der Waals surface area contributed by atoms with E-state index in [0.717, 1.165) is 5.56 Å². The van der Waals surface area contributed by atoms with Gasteiger partial charge < -0.3 is 9.47 Å². The average Bonchev–Trinajstić information content (AvgIpc) is 2.94. The molecule has 1 amide bonds. The molecule has 144 valence electrons. The van der Waals surface area contributed by atoms with Crippen molar-refractivity contribution < 1.29 is 27.5 Å². The Morgan fingerprint density at radius 2 is 2.00 bits per heavy atom. The first-order valence-corrected chi connectivity index (χ1v) is 9.78. The van der Waals surface area contributed by atoms with Gasteiger partial charge in [0.05, 0.1) is 13.2 Å². The van der Waals surface area contributed by atoms with Crippen LogP contribution in [0.5, 0.6) is 0 Å². The normalized spacial score (nSPS) is 18.7. The number of esters is 1. The van der Waals surface area contributed by atoms with Crippen LogP contribution in [0.1, 0.15) is 25.8 Å². The number of hydrogen-bond donors (Lipinski definition) is 1. The topological polar surface area (TPSA) is 102 Å². The lowest BCUT2D eigenvalue weighted by Gasteiger charge is -2.25. The summed E-state index contributed by atoms with van der Waals surface area (Å²) in [5, 5.41) is 0. The molecule has 2 rings (SSSR count). The van der Waals surface area contributed by atoms with Gasteiger partial charge in [0, 0.05) is 0 Å². The number of nitrogens with one attached hydrogen (secondary N) is 1. The van der Waals surface area contributed by atoms with Crippen LogP contribution in [0.15, 0.2) is 30.3 Å². The molecule has 0 bridgehead atoms. The number of methoxy groups -OCH3 is 1. The van der Waals surface area contributed by atoms with Crippen LogP contribution >= 0.6 is 0 Å². The Kier molecular flexibility index (Phi) is 6.60. The fourth-order valence-electron chi connectivity index (χ4n) is 2.85. The highest BCUT2D eigenvalue weighted by molar-refractivity contribution is 7.87. The molecular formula is C17H24N2O6S. The molecule has 26 heavy (non-hydrogen) atoms. The molecule has 1 aliphatic rings. The number of carbonyl (C=O) groups excluding carboxylic acids is 2. The molecule has 0 aliphatic carbocycles. The van der Waals surface area contributed by atoms with Crippen LogP contribution in [0, 0.1) is 5.92 Å². The average molecular weight is 384 g/mol. The van der Waals surface area contributed by atoms with Crippen molar-refractivity contribution in [1.29, 1.82) is 0 Å². The maximum atomic E-state index is 12.8. The van der Waals surface area contributed by atoms with Gasteiger partial charge >= 0.3 is 22.3 Å². The highest BCUT2D eigenvalue weighted by Crippen LogP contribution is 2.22. The van der Waals surface area contributed by atoms with Crippen LogP contribution in [0.2, 0.25) is 0 Å². The van der Waals surface area contributed by atoms with Gasteiger partial charge in [-0.25, -0.2) is 4.79 Å². The van der Waals surface area contributed by atoms with Gasteiger partial charge in [0.25, 0.3) is 0 Å². The smallest absolute Gasteiger partial charge is 0.425 e. The van der Waals surface area contributed by atoms with Crippen LogP contribution in [0.4, 0.5) is 4.79 Å². The standard InChI is InChI=1S/C17H24N2O6S/c1-12(2)9-14-11-25-17(21)19(14)26(22,23)18-15(16(20)24-3)10-13-7-5-4-6-8-13/h4-8,12,14-15,18H,9-11H2,1-3H3/t14-,15-/m0/s1. The summed E-state index contributed by atoms with van der Waals surface area (Å²) in [6.07, 6.45) is -0.370. The van der Waals surface area contributed by atoms with Crippen LogP contribution in [0.25, 0.3) is 0 Å². The zero-order chi connectivity index (χ0) is 19.3. The molecule has 0 unspecified atom stereocenters. The van der Waals surface area contributed by atoms with Crippen LogP contribution in [-0.4, -0.2) is 50.6 Å². The van der Waals surface area contributed by atoms with E-state index in [-0.39, 0.29) is 18.9 Å². The van der Waals surface area contributed by atoms with Crippen LogP contribution in [0.3, 0.4) is 0 Å². The number of benzene rings is 1. The van der Waals surface area contributed by atoms with E-state index in [1.165, 1.54) is 7.11 Å². The minimum atomic E-state index is -4.27. The summed E-state index contributed by atoms with van der Waals surface area (Å²) in [4.78, 5) is 24.0. The van der Waals surface area contributed by atoms with Gasteiger partial charge in [-0.15, -0.1) is 0 Å². The molecule has 1 saturated heterocycles. The van der Waals surface area contributed by atoms with Gasteiger partial charge in [-0.1, -0.05) is 44.2 Å². The molecule has 2 atom stereocenters. The predicted octanol–water partition coefficient (Wildman–Crippen LogP) is 1.47. The van der Waals surface area contributed by atoms with Crippen molar-refractivity contribution in [3.05, 3.63) is 35.9 Å². The van der Waals surface area contributed by atoms with E-state index in [1.54, 1.807) is 24.3 Å². The Bertz CT molecular complexity index is 735. The molecule has 1 aromatic rings. The van der Waals surface area contributed by atoms with E-state index in [2.05, 4.69) is 4.72 Å². The van der Waals surface area contributed by atoms with Crippen LogP contribution < -0.4 is 4.72 Å². The van der Waals surface area contributed by atoms with Crippen molar-refractivity contribution in [3.8, 4) is 0 Å². The van der Waals surface area contributed by atoms with Gasteiger partial charge in [-0.05, 0) is 24.3 Å². The van der Waals surface area contributed by atoms with Crippen molar-refractivity contribution in [3.63, 3.8) is 0 Å². The predicted molar refractivity (Wildman–Crippen MR) is 94.4 cm³/mol. The summed E-state index contributed by atoms with van der Waals surface area (Å²) in [7, 11) is -3.09. The highest BCUT2D eigenvalue weighted by Gasteiger charge is 2.43. The SMILES string of the molecule is COC(=O)[C@H](Cc1ccccc1)NS(=O)(=O)N1C(=O)OC[C@@H]1CC(C)C. The first-order valence-electron chi connectivity index (χ1n) is 8.34. The Labute approximate surface area is 153 Å². The quantitative estimate of drug-likeness (QED) is 0.681. The summed E-state index contributed by atoms with van der Waals surface area (Å²) in [6, 6.07) is 7.18. The molecule has 0 aromatic heterocycles. The van der Waals surface area contributed by atoms with Gasteiger partial charge in [-0.3, -0.25) is 4.79 Å². The molecular weight excluding hydrogens is 360 g/mol. The molecule has 9 heteroatoms. The number of hydrogen-bond acceptors (Lipinski definition) is 6. The third kappa shape index (κ3) is 4.95.